The standard InChI is InChI=1S/C18H20FN3OS/c1-14-20-17(13-24-14)12-21-7-9-22(10-8-21)18(23)6-5-15-3-2-4-16(19)11-15/h2-6,11,13H,7-10,12H2,1H3/b6-5+. The average molecular weight is 345 g/mol. The number of rotatable bonds is 4. The van der Waals surface area contributed by atoms with Gasteiger partial charge in [-0.25, -0.2) is 9.37 Å². The molecule has 0 spiro atoms. The van der Waals surface area contributed by atoms with Gasteiger partial charge < -0.3 is 4.90 Å². The van der Waals surface area contributed by atoms with E-state index in [2.05, 4.69) is 15.3 Å². The average Bonchev–Trinajstić information content (AvgIpc) is 2.98. The molecule has 3 rings (SSSR count). The number of carbonyl (C=O) groups is 1. The van der Waals surface area contributed by atoms with Gasteiger partial charge in [0, 0.05) is 44.2 Å². The van der Waals surface area contributed by atoms with Crippen LogP contribution in [0, 0.1) is 12.7 Å². The highest BCUT2D eigenvalue weighted by Gasteiger charge is 2.20. The summed E-state index contributed by atoms with van der Waals surface area (Å²) in [6, 6.07) is 6.22. The van der Waals surface area contributed by atoms with Crippen molar-refractivity contribution in [1.82, 2.24) is 14.8 Å². The summed E-state index contributed by atoms with van der Waals surface area (Å²) in [7, 11) is 0. The van der Waals surface area contributed by atoms with Crippen molar-refractivity contribution in [3.63, 3.8) is 0 Å². The molecule has 2 heterocycles. The molecular weight excluding hydrogens is 325 g/mol. The fourth-order valence-electron chi connectivity index (χ4n) is 2.72. The maximum absolute atomic E-state index is 13.1. The van der Waals surface area contributed by atoms with Gasteiger partial charge in [-0.1, -0.05) is 12.1 Å². The Bertz CT molecular complexity index is 735. The number of aryl methyl sites for hydroxylation is 1. The van der Waals surface area contributed by atoms with E-state index in [0.29, 0.717) is 18.7 Å². The van der Waals surface area contributed by atoms with E-state index in [-0.39, 0.29) is 11.7 Å². The number of thiazole rings is 1. The van der Waals surface area contributed by atoms with Crippen LogP contribution in [0.2, 0.25) is 0 Å². The highest BCUT2D eigenvalue weighted by molar-refractivity contribution is 7.09. The molecule has 1 aromatic carbocycles. The topological polar surface area (TPSA) is 36.4 Å². The largest absolute Gasteiger partial charge is 0.337 e. The Kier molecular flexibility index (Phi) is 5.37. The van der Waals surface area contributed by atoms with Crippen molar-refractivity contribution < 1.29 is 9.18 Å². The number of piperazine rings is 1. The Balaban J connectivity index is 1.49. The number of halogens is 1. The lowest BCUT2D eigenvalue weighted by Crippen LogP contribution is -2.47. The predicted molar refractivity (Wildman–Crippen MR) is 94.1 cm³/mol. The zero-order valence-corrected chi connectivity index (χ0v) is 14.4. The molecule has 126 valence electrons. The smallest absolute Gasteiger partial charge is 0.246 e. The van der Waals surface area contributed by atoms with Crippen LogP contribution in [0.4, 0.5) is 4.39 Å². The second-order valence-corrected chi connectivity index (χ2v) is 6.91. The number of amides is 1. The molecule has 0 N–H and O–H groups in total. The van der Waals surface area contributed by atoms with Crippen molar-refractivity contribution >= 4 is 23.3 Å². The van der Waals surface area contributed by atoms with E-state index in [4.69, 9.17) is 0 Å². The van der Waals surface area contributed by atoms with Crippen molar-refractivity contribution in [3.8, 4) is 0 Å². The van der Waals surface area contributed by atoms with Gasteiger partial charge in [0.15, 0.2) is 0 Å². The van der Waals surface area contributed by atoms with Gasteiger partial charge in [0.25, 0.3) is 0 Å². The quantitative estimate of drug-likeness (QED) is 0.800. The molecule has 1 aliphatic rings. The number of hydrogen-bond acceptors (Lipinski definition) is 4. The van der Waals surface area contributed by atoms with Gasteiger partial charge in [-0.3, -0.25) is 9.69 Å². The number of nitrogens with zero attached hydrogens (tertiary/aromatic N) is 3. The van der Waals surface area contributed by atoms with Gasteiger partial charge in [-0.05, 0) is 30.7 Å². The molecular formula is C18H20FN3OS. The Morgan fingerprint density at radius 3 is 2.79 bits per heavy atom. The van der Waals surface area contributed by atoms with Crippen molar-refractivity contribution in [2.24, 2.45) is 0 Å². The first-order valence-electron chi connectivity index (χ1n) is 7.96. The molecule has 1 fully saturated rings. The van der Waals surface area contributed by atoms with Crippen LogP contribution in [-0.4, -0.2) is 46.9 Å². The summed E-state index contributed by atoms with van der Waals surface area (Å²) in [5, 5.41) is 3.18. The normalized spacial score (nSPS) is 16.0. The second-order valence-electron chi connectivity index (χ2n) is 5.85. The second kappa shape index (κ2) is 7.68. The van der Waals surface area contributed by atoms with Crippen LogP contribution in [-0.2, 0) is 11.3 Å². The summed E-state index contributed by atoms with van der Waals surface area (Å²) >= 11 is 1.67. The van der Waals surface area contributed by atoms with Gasteiger partial charge >= 0.3 is 0 Å². The molecule has 1 aromatic heterocycles. The Morgan fingerprint density at radius 2 is 2.12 bits per heavy atom. The summed E-state index contributed by atoms with van der Waals surface area (Å²) in [6.07, 6.45) is 3.18. The molecule has 0 bridgehead atoms. The van der Waals surface area contributed by atoms with Crippen molar-refractivity contribution in [1.29, 1.82) is 0 Å². The van der Waals surface area contributed by atoms with Crippen molar-refractivity contribution in [2.45, 2.75) is 13.5 Å². The highest BCUT2D eigenvalue weighted by Crippen LogP contribution is 2.13. The van der Waals surface area contributed by atoms with E-state index in [0.717, 1.165) is 30.3 Å². The molecule has 1 aliphatic heterocycles. The summed E-state index contributed by atoms with van der Waals surface area (Å²) in [5.41, 5.74) is 1.80. The number of aromatic nitrogens is 1. The van der Waals surface area contributed by atoms with Gasteiger partial charge in [0.1, 0.15) is 5.82 Å². The molecule has 0 saturated carbocycles. The first-order valence-corrected chi connectivity index (χ1v) is 8.84. The monoisotopic (exact) mass is 345 g/mol. The van der Waals surface area contributed by atoms with E-state index in [9.17, 15) is 9.18 Å². The molecule has 1 amide bonds. The van der Waals surface area contributed by atoms with Gasteiger partial charge in [-0.15, -0.1) is 11.3 Å². The van der Waals surface area contributed by atoms with E-state index >= 15 is 0 Å². The number of carbonyl (C=O) groups excluding carboxylic acids is 1. The predicted octanol–water partition coefficient (Wildman–Crippen LogP) is 2.95. The maximum Gasteiger partial charge on any atom is 0.246 e. The third-order valence-electron chi connectivity index (χ3n) is 4.00. The minimum Gasteiger partial charge on any atom is -0.337 e. The number of hydrogen-bond donors (Lipinski definition) is 0. The van der Waals surface area contributed by atoms with Crippen LogP contribution < -0.4 is 0 Å². The Labute approximate surface area is 145 Å². The number of benzene rings is 1. The molecule has 2 aromatic rings. The molecule has 6 heteroatoms. The summed E-state index contributed by atoms with van der Waals surface area (Å²) < 4.78 is 13.1. The molecule has 4 nitrogen and oxygen atoms in total. The van der Waals surface area contributed by atoms with E-state index < -0.39 is 0 Å². The summed E-state index contributed by atoms with van der Waals surface area (Å²) in [6.45, 7) is 5.94. The molecule has 24 heavy (non-hydrogen) atoms. The van der Waals surface area contributed by atoms with Crippen LogP contribution in [0.15, 0.2) is 35.7 Å². The lowest BCUT2D eigenvalue weighted by Gasteiger charge is -2.33. The SMILES string of the molecule is Cc1nc(CN2CCN(C(=O)/C=C/c3cccc(F)c3)CC2)cs1. The van der Waals surface area contributed by atoms with Crippen LogP contribution in [0.3, 0.4) is 0 Å². The fraction of sp³-hybridized carbons (Fsp3) is 0.333. The van der Waals surface area contributed by atoms with Gasteiger partial charge in [-0.2, -0.15) is 0 Å². The van der Waals surface area contributed by atoms with Gasteiger partial charge in [0.05, 0.1) is 10.7 Å². The van der Waals surface area contributed by atoms with E-state index in [1.165, 1.54) is 18.2 Å². The minimum absolute atomic E-state index is 0.0246. The fourth-order valence-corrected chi connectivity index (χ4v) is 3.32. The first kappa shape index (κ1) is 16.8. The van der Waals surface area contributed by atoms with Crippen LogP contribution in [0.25, 0.3) is 6.08 Å². The van der Waals surface area contributed by atoms with Crippen molar-refractivity contribution in [2.75, 3.05) is 26.2 Å². The summed E-state index contributed by atoms with van der Waals surface area (Å²) in [5.74, 6) is -0.320. The molecule has 0 radical (unpaired) electrons. The molecule has 0 atom stereocenters. The first-order chi connectivity index (χ1) is 11.6. The highest BCUT2D eigenvalue weighted by atomic mass is 32.1. The summed E-state index contributed by atoms with van der Waals surface area (Å²) in [4.78, 5) is 20.9. The minimum atomic E-state index is -0.296. The third-order valence-corrected chi connectivity index (χ3v) is 4.83. The Hall–Kier alpha value is -2.05. The van der Waals surface area contributed by atoms with Crippen molar-refractivity contribution in [3.05, 3.63) is 57.8 Å². The zero-order valence-electron chi connectivity index (χ0n) is 13.6. The molecule has 1 saturated heterocycles. The van der Waals surface area contributed by atoms with Crippen LogP contribution in [0.1, 0.15) is 16.3 Å². The Morgan fingerprint density at radius 1 is 1.33 bits per heavy atom. The van der Waals surface area contributed by atoms with E-state index in [1.807, 2.05) is 11.8 Å². The van der Waals surface area contributed by atoms with Gasteiger partial charge in [0.2, 0.25) is 5.91 Å². The lowest BCUT2D eigenvalue weighted by molar-refractivity contribution is -0.127. The third kappa shape index (κ3) is 4.49. The zero-order chi connectivity index (χ0) is 16.9. The molecule has 0 unspecified atom stereocenters. The maximum atomic E-state index is 13.1. The van der Waals surface area contributed by atoms with Crippen LogP contribution >= 0.6 is 11.3 Å². The lowest BCUT2D eigenvalue weighted by atomic mass is 10.2. The molecule has 0 aliphatic carbocycles. The van der Waals surface area contributed by atoms with E-state index in [1.54, 1.807) is 29.5 Å². The van der Waals surface area contributed by atoms with Crippen LogP contribution in [0.5, 0.6) is 0 Å².